The third-order valence-electron chi connectivity index (χ3n) is 4.87. The number of nitrogens with zero attached hydrogens (tertiary/aromatic N) is 1. The highest BCUT2D eigenvalue weighted by Crippen LogP contribution is 2.29. The lowest BCUT2D eigenvalue weighted by atomic mass is 9.84. The van der Waals surface area contributed by atoms with E-state index in [2.05, 4.69) is 18.9 Å². The van der Waals surface area contributed by atoms with E-state index in [1.54, 1.807) is 6.07 Å². The summed E-state index contributed by atoms with van der Waals surface area (Å²) in [7, 11) is 2.08. The van der Waals surface area contributed by atoms with Gasteiger partial charge in [-0.25, -0.2) is 8.78 Å². The van der Waals surface area contributed by atoms with Crippen molar-refractivity contribution in [1.29, 1.82) is 0 Å². The van der Waals surface area contributed by atoms with Gasteiger partial charge in [-0.3, -0.25) is 0 Å². The van der Waals surface area contributed by atoms with Crippen LogP contribution in [0.4, 0.5) is 8.78 Å². The number of benzene rings is 1. The second-order valence-corrected chi connectivity index (χ2v) is 6.30. The molecule has 0 amide bonds. The number of nitrogens with two attached hydrogens (primary N) is 1. The van der Waals surface area contributed by atoms with Crippen LogP contribution in [0.15, 0.2) is 18.2 Å². The van der Waals surface area contributed by atoms with Crippen molar-refractivity contribution in [2.75, 3.05) is 13.6 Å². The molecule has 0 spiro atoms. The van der Waals surface area contributed by atoms with Crippen LogP contribution in [-0.2, 0) is 0 Å². The Bertz CT molecular complexity index is 456. The van der Waals surface area contributed by atoms with Crippen LogP contribution in [-0.4, -0.2) is 24.5 Å². The van der Waals surface area contributed by atoms with Gasteiger partial charge in [-0.2, -0.15) is 0 Å². The number of hydrogen-bond donors (Lipinski definition) is 1. The van der Waals surface area contributed by atoms with E-state index in [-0.39, 0.29) is 6.04 Å². The maximum atomic E-state index is 13.3. The van der Waals surface area contributed by atoms with Crippen LogP contribution >= 0.6 is 0 Å². The molecular weight excluding hydrogens is 270 g/mol. The lowest BCUT2D eigenvalue weighted by Crippen LogP contribution is -2.39. The van der Waals surface area contributed by atoms with Crippen molar-refractivity contribution in [2.45, 2.75) is 51.1 Å². The predicted molar refractivity (Wildman–Crippen MR) is 82.0 cm³/mol. The van der Waals surface area contributed by atoms with E-state index in [1.165, 1.54) is 38.2 Å². The summed E-state index contributed by atoms with van der Waals surface area (Å²) in [6, 6.07) is 4.21. The van der Waals surface area contributed by atoms with Gasteiger partial charge in [-0.1, -0.05) is 19.4 Å². The Morgan fingerprint density at radius 1 is 1.19 bits per heavy atom. The van der Waals surface area contributed by atoms with Crippen molar-refractivity contribution in [3.63, 3.8) is 0 Å². The molecule has 1 fully saturated rings. The van der Waals surface area contributed by atoms with Gasteiger partial charge in [0.05, 0.1) is 0 Å². The van der Waals surface area contributed by atoms with E-state index in [0.717, 1.165) is 12.0 Å². The summed E-state index contributed by atoms with van der Waals surface area (Å²) in [6.45, 7) is 2.93. The summed E-state index contributed by atoms with van der Waals surface area (Å²) in [6.07, 6.45) is 6.25. The Kier molecular flexibility index (Phi) is 5.71. The Morgan fingerprint density at radius 2 is 1.86 bits per heavy atom. The Labute approximate surface area is 126 Å². The molecule has 1 aliphatic rings. The highest BCUT2D eigenvalue weighted by Gasteiger charge is 2.24. The lowest BCUT2D eigenvalue weighted by molar-refractivity contribution is 0.156. The van der Waals surface area contributed by atoms with Crippen molar-refractivity contribution >= 4 is 0 Å². The smallest absolute Gasteiger partial charge is 0.159 e. The maximum Gasteiger partial charge on any atom is 0.159 e. The van der Waals surface area contributed by atoms with Gasteiger partial charge in [0.15, 0.2) is 11.6 Å². The first-order valence-corrected chi connectivity index (χ1v) is 7.92. The highest BCUT2D eigenvalue weighted by atomic mass is 19.2. The van der Waals surface area contributed by atoms with E-state index >= 15 is 0 Å². The van der Waals surface area contributed by atoms with E-state index in [1.807, 2.05) is 0 Å². The van der Waals surface area contributed by atoms with Crippen LogP contribution in [0.1, 0.15) is 50.6 Å². The SMILES string of the molecule is CCC1CCC(N(C)CC(N)c2ccc(F)c(F)c2)CC1. The Balaban J connectivity index is 1.89. The van der Waals surface area contributed by atoms with Crippen LogP contribution in [0.2, 0.25) is 0 Å². The fraction of sp³-hybridized carbons (Fsp3) is 0.647. The van der Waals surface area contributed by atoms with Crippen LogP contribution in [0, 0.1) is 17.6 Å². The van der Waals surface area contributed by atoms with Gasteiger partial charge in [0.25, 0.3) is 0 Å². The number of rotatable bonds is 5. The van der Waals surface area contributed by atoms with Gasteiger partial charge in [0.1, 0.15) is 0 Å². The first-order valence-electron chi connectivity index (χ1n) is 7.92. The molecule has 2 rings (SSSR count). The van der Waals surface area contributed by atoms with Gasteiger partial charge in [-0.05, 0) is 56.3 Å². The van der Waals surface area contributed by atoms with Crippen molar-refractivity contribution in [1.82, 2.24) is 4.90 Å². The molecule has 1 aliphatic carbocycles. The van der Waals surface area contributed by atoms with E-state index in [0.29, 0.717) is 18.2 Å². The summed E-state index contributed by atoms with van der Waals surface area (Å²) in [5, 5.41) is 0. The standard InChI is InChI=1S/C17H26F2N2/c1-3-12-4-7-14(8-5-12)21(2)11-17(20)13-6-9-15(18)16(19)10-13/h6,9-10,12,14,17H,3-5,7-8,11,20H2,1-2H3. The zero-order chi connectivity index (χ0) is 15.4. The van der Waals surface area contributed by atoms with Gasteiger partial charge in [0.2, 0.25) is 0 Å². The molecule has 0 saturated heterocycles. The molecule has 0 aromatic heterocycles. The second-order valence-electron chi connectivity index (χ2n) is 6.30. The summed E-state index contributed by atoms with van der Waals surface area (Å²) in [5.74, 6) is -0.777. The molecule has 118 valence electrons. The molecule has 21 heavy (non-hydrogen) atoms. The van der Waals surface area contributed by atoms with Crippen LogP contribution < -0.4 is 5.73 Å². The molecule has 0 heterocycles. The number of likely N-dealkylation sites (N-methyl/N-ethyl adjacent to an activating group) is 1. The zero-order valence-electron chi connectivity index (χ0n) is 13.0. The average Bonchev–Trinajstić information content (AvgIpc) is 2.50. The molecule has 0 bridgehead atoms. The predicted octanol–water partition coefficient (Wildman–Crippen LogP) is 3.87. The van der Waals surface area contributed by atoms with Gasteiger partial charge >= 0.3 is 0 Å². The third kappa shape index (κ3) is 4.24. The van der Waals surface area contributed by atoms with Crippen LogP contribution in [0.3, 0.4) is 0 Å². The largest absolute Gasteiger partial charge is 0.323 e. The topological polar surface area (TPSA) is 29.3 Å². The van der Waals surface area contributed by atoms with Crippen molar-refractivity contribution in [3.8, 4) is 0 Å². The zero-order valence-corrected chi connectivity index (χ0v) is 13.0. The van der Waals surface area contributed by atoms with Crippen LogP contribution in [0.5, 0.6) is 0 Å². The molecule has 1 aromatic carbocycles. The summed E-state index contributed by atoms with van der Waals surface area (Å²) >= 11 is 0. The molecule has 4 heteroatoms. The molecule has 2 nitrogen and oxygen atoms in total. The summed E-state index contributed by atoms with van der Waals surface area (Å²) < 4.78 is 26.2. The quantitative estimate of drug-likeness (QED) is 0.894. The molecule has 1 unspecified atom stereocenters. The lowest BCUT2D eigenvalue weighted by Gasteiger charge is -2.35. The Hall–Kier alpha value is -1.00. The van der Waals surface area contributed by atoms with Crippen LogP contribution in [0.25, 0.3) is 0 Å². The van der Waals surface area contributed by atoms with Crippen molar-refractivity contribution in [3.05, 3.63) is 35.4 Å². The highest BCUT2D eigenvalue weighted by molar-refractivity contribution is 5.21. The number of hydrogen-bond acceptors (Lipinski definition) is 2. The molecule has 2 N–H and O–H groups in total. The number of halogens is 2. The van der Waals surface area contributed by atoms with E-state index in [9.17, 15) is 8.78 Å². The van der Waals surface area contributed by atoms with Gasteiger partial charge < -0.3 is 10.6 Å². The first kappa shape index (κ1) is 16.4. The normalized spacial score (nSPS) is 24.3. The fourth-order valence-electron chi connectivity index (χ4n) is 3.30. The second kappa shape index (κ2) is 7.32. The first-order chi connectivity index (χ1) is 10.0. The molecule has 0 aliphatic heterocycles. The average molecular weight is 296 g/mol. The van der Waals surface area contributed by atoms with Crippen molar-refractivity contribution in [2.24, 2.45) is 11.7 Å². The minimum Gasteiger partial charge on any atom is -0.323 e. The monoisotopic (exact) mass is 296 g/mol. The fourth-order valence-corrected chi connectivity index (χ4v) is 3.30. The minimum absolute atomic E-state index is 0.283. The third-order valence-corrected chi connectivity index (χ3v) is 4.87. The molecule has 1 atom stereocenters. The molecule has 0 radical (unpaired) electrons. The maximum absolute atomic E-state index is 13.3. The minimum atomic E-state index is -0.825. The Morgan fingerprint density at radius 3 is 2.43 bits per heavy atom. The van der Waals surface area contributed by atoms with E-state index < -0.39 is 11.6 Å². The van der Waals surface area contributed by atoms with E-state index in [4.69, 9.17) is 5.73 Å². The van der Waals surface area contributed by atoms with Crippen molar-refractivity contribution < 1.29 is 8.78 Å². The summed E-state index contributed by atoms with van der Waals surface area (Å²) in [5.41, 5.74) is 6.80. The van der Waals surface area contributed by atoms with Gasteiger partial charge in [-0.15, -0.1) is 0 Å². The molecule has 1 aromatic rings. The van der Waals surface area contributed by atoms with Gasteiger partial charge in [0, 0.05) is 18.6 Å². The summed E-state index contributed by atoms with van der Waals surface area (Å²) in [4.78, 5) is 2.28. The molecular formula is C17H26F2N2. The molecule has 1 saturated carbocycles.